The topological polar surface area (TPSA) is 0 Å². The molecule has 0 aliphatic heterocycles. The molecule has 146 valence electrons. The molecule has 2 saturated carbocycles. The summed E-state index contributed by atoms with van der Waals surface area (Å²) in [6.45, 7) is 4.04. The van der Waals surface area contributed by atoms with Crippen LogP contribution in [0.15, 0.2) is 12.1 Å². The van der Waals surface area contributed by atoms with Gasteiger partial charge in [-0.2, -0.15) is 0 Å². The number of hydrogen-bond donors (Lipinski definition) is 0. The molecule has 0 amide bonds. The van der Waals surface area contributed by atoms with E-state index in [2.05, 4.69) is 6.92 Å². The molecule has 0 spiro atoms. The molecule has 3 heteroatoms. The first-order valence-corrected chi connectivity index (χ1v) is 12.7. The summed E-state index contributed by atoms with van der Waals surface area (Å²) in [4.78, 5) is 0. The van der Waals surface area contributed by atoms with Crippen LogP contribution < -0.4 is 5.19 Å². The first kappa shape index (κ1) is 20.0. The minimum Gasteiger partial charge on any atom is -0.204 e. The molecule has 0 heterocycles. The van der Waals surface area contributed by atoms with Crippen molar-refractivity contribution in [2.75, 3.05) is 0 Å². The van der Waals surface area contributed by atoms with Crippen molar-refractivity contribution < 1.29 is 8.78 Å². The smallest absolute Gasteiger partial charge is 0.161 e. The van der Waals surface area contributed by atoms with Crippen molar-refractivity contribution >= 4 is 14.7 Å². The minimum atomic E-state index is -0.687. The Morgan fingerprint density at radius 2 is 1.35 bits per heavy atom. The Morgan fingerprint density at radius 3 is 1.96 bits per heavy atom. The third-order valence-corrected chi connectivity index (χ3v) is 9.45. The van der Waals surface area contributed by atoms with Crippen LogP contribution in [-0.4, -0.2) is 9.52 Å². The number of aryl methyl sites for hydroxylation is 1. The van der Waals surface area contributed by atoms with E-state index in [9.17, 15) is 8.78 Å². The van der Waals surface area contributed by atoms with Gasteiger partial charge >= 0.3 is 0 Å². The average molecular weight is 379 g/mol. The van der Waals surface area contributed by atoms with E-state index >= 15 is 0 Å². The van der Waals surface area contributed by atoms with Crippen molar-refractivity contribution in [2.24, 2.45) is 23.7 Å². The maximum Gasteiger partial charge on any atom is 0.161 e. The molecule has 0 N–H and O–H groups in total. The van der Waals surface area contributed by atoms with E-state index in [1.807, 2.05) is 6.07 Å². The van der Waals surface area contributed by atoms with E-state index in [4.69, 9.17) is 0 Å². The fourth-order valence-corrected chi connectivity index (χ4v) is 7.09. The molecule has 1 aromatic rings. The van der Waals surface area contributed by atoms with E-state index in [1.54, 1.807) is 13.0 Å². The fraction of sp³-hybridized carbons (Fsp3) is 0.739. The molecular weight excluding hydrogens is 342 g/mol. The lowest BCUT2D eigenvalue weighted by Crippen LogP contribution is -2.24. The zero-order valence-electron chi connectivity index (χ0n) is 16.7. The van der Waals surface area contributed by atoms with Crippen LogP contribution in [0.25, 0.3) is 0 Å². The van der Waals surface area contributed by atoms with Crippen LogP contribution in [0.4, 0.5) is 8.78 Å². The normalized spacial score (nSPS) is 30.2. The quantitative estimate of drug-likeness (QED) is 0.541. The van der Waals surface area contributed by atoms with Gasteiger partial charge in [0.05, 0.1) is 9.52 Å². The minimum absolute atomic E-state index is 0.424. The van der Waals surface area contributed by atoms with E-state index in [0.29, 0.717) is 10.8 Å². The van der Waals surface area contributed by atoms with E-state index in [1.165, 1.54) is 64.2 Å². The summed E-state index contributed by atoms with van der Waals surface area (Å²) < 4.78 is 27.8. The Labute approximate surface area is 161 Å². The standard InChI is InChI=1S/C23H36F2Si/c1-16-3-6-18(7-4-16)8-9-19-10-12-20(13-11-19)15-26-21-14-5-17(2)22(24)23(21)25/h5,14,16,18-20H,3-4,6-13,15,26H2,1-2H3. The second kappa shape index (κ2) is 9.48. The van der Waals surface area contributed by atoms with Crippen molar-refractivity contribution in [3.63, 3.8) is 0 Å². The summed E-state index contributed by atoms with van der Waals surface area (Å²) in [6, 6.07) is 4.72. The summed E-state index contributed by atoms with van der Waals surface area (Å²) in [5.41, 5.74) is 0.424. The molecule has 0 atom stereocenters. The van der Waals surface area contributed by atoms with Crippen LogP contribution in [0.3, 0.4) is 0 Å². The van der Waals surface area contributed by atoms with Crippen molar-refractivity contribution in [2.45, 2.75) is 84.1 Å². The predicted octanol–water partition coefficient (Wildman–Crippen LogP) is 5.90. The van der Waals surface area contributed by atoms with Crippen molar-refractivity contribution in [1.82, 2.24) is 0 Å². The van der Waals surface area contributed by atoms with Crippen molar-refractivity contribution in [1.29, 1.82) is 0 Å². The third-order valence-electron chi connectivity index (χ3n) is 7.26. The van der Waals surface area contributed by atoms with Crippen LogP contribution in [0, 0.1) is 42.2 Å². The Kier molecular flexibility index (Phi) is 7.31. The number of halogens is 2. The predicted molar refractivity (Wildman–Crippen MR) is 110 cm³/mol. The molecule has 2 fully saturated rings. The molecular formula is C23H36F2Si. The summed E-state index contributed by atoms with van der Waals surface area (Å²) in [5.74, 6) is 2.45. The van der Waals surface area contributed by atoms with Gasteiger partial charge < -0.3 is 0 Å². The molecule has 0 unspecified atom stereocenters. The van der Waals surface area contributed by atoms with Gasteiger partial charge in [-0.25, -0.2) is 8.78 Å². The van der Waals surface area contributed by atoms with Crippen LogP contribution in [0.2, 0.25) is 6.04 Å². The Bertz CT molecular complexity index is 570. The van der Waals surface area contributed by atoms with Gasteiger partial charge in [-0.15, -0.1) is 0 Å². The third kappa shape index (κ3) is 5.40. The monoisotopic (exact) mass is 378 g/mol. The highest BCUT2D eigenvalue weighted by atomic mass is 28.2. The van der Waals surface area contributed by atoms with Crippen LogP contribution >= 0.6 is 0 Å². The fourth-order valence-electron chi connectivity index (χ4n) is 5.14. The van der Waals surface area contributed by atoms with E-state index in [-0.39, 0.29) is 0 Å². The summed E-state index contributed by atoms with van der Waals surface area (Å²) in [6.07, 6.45) is 14.0. The molecule has 26 heavy (non-hydrogen) atoms. The van der Waals surface area contributed by atoms with E-state index < -0.39 is 21.2 Å². The molecule has 1 aromatic carbocycles. The number of hydrogen-bond acceptors (Lipinski definition) is 0. The SMILES string of the molecule is Cc1ccc([SiH2]CC2CCC(CCC3CCC(C)CC3)CC2)c(F)c1F. The average Bonchev–Trinajstić information content (AvgIpc) is 2.66. The molecule has 0 nitrogen and oxygen atoms in total. The van der Waals surface area contributed by atoms with E-state index in [0.717, 1.165) is 29.7 Å². The lowest BCUT2D eigenvalue weighted by Gasteiger charge is -2.31. The Balaban J connectivity index is 1.36. The van der Waals surface area contributed by atoms with Gasteiger partial charge in [0.15, 0.2) is 11.6 Å². The first-order valence-electron chi connectivity index (χ1n) is 11.0. The lowest BCUT2D eigenvalue weighted by molar-refractivity contribution is 0.227. The van der Waals surface area contributed by atoms with Crippen molar-refractivity contribution in [3.8, 4) is 0 Å². The molecule has 0 saturated heterocycles. The molecule has 2 aliphatic carbocycles. The van der Waals surface area contributed by atoms with Gasteiger partial charge in [0, 0.05) is 0 Å². The van der Waals surface area contributed by atoms with Crippen LogP contribution in [0.5, 0.6) is 0 Å². The molecule has 0 aromatic heterocycles. The lowest BCUT2D eigenvalue weighted by atomic mass is 9.76. The second-order valence-corrected chi connectivity index (χ2v) is 11.1. The maximum atomic E-state index is 14.0. The van der Waals surface area contributed by atoms with Gasteiger partial charge in [-0.05, 0) is 41.3 Å². The maximum absolute atomic E-state index is 14.0. The molecule has 0 radical (unpaired) electrons. The second-order valence-electron chi connectivity index (χ2n) is 9.30. The number of benzene rings is 1. The zero-order valence-corrected chi connectivity index (χ0v) is 18.1. The first-order chi connectivity index (χ1) is 12.5. The summed E-state index contributed by atoms with van der Waals surface area (Å²) >= 11 is 0. The van der Waals surface area contributed by atoms with Gasteiger partial charge in [0.1, 0.15) is 0 Å². The number of rotatable bonds is 6. The van der Waals surface area contributed by atoms with Crippen molar-refractivity contribution in [3.05, 3.63) is 29.3 Å². The summed E-state index contributed by atoms with van der Waals surface area (Å²) in [5, 5.41) is 0.696. The molecule has 2 aliphatic rings. The zero-order chi connectivity index (χ0) is 18.5. The summed E-state index contributed by atoms with van der Waals surface area (Å²) in [7, 11) is -0.687. The Hall–Kier alpha value is -0.703. The van der Waals surface area contributed by atoms with Crippen LogP contribution in [-0.2, 0) is 0 Å². The van der Waals surface area contributed by atoms with Gasteiger partial charge in [-0.3, -0.25) is 0 Å². The van der Waals surface area contributed by atoms with Gasteiger partial charge in [-0.1, -0.05) is 89.3 Å². The highest BCUT2D eigenvalue weighted by Gasteiger charge is 2.24. The molecule has 0 bridgehead atoms. The highest BCUT2D eigenvalue weighted by molar-refractivity contribution is 6.53. The van der Waals surface area contributed by atoms with Gasteiger partial charge in [0.25, 0.3) is 0 Å². The highest BCUT2D eigenvalue weighted by Crippen LogP contribution is 2.37. The largest absolute Gasteiger partial charge is 0.204 e. The molecule has 3 rings (SSSR count). The Morgan fingerprint density at radius 1 is 0.808 bits per heavy atom. The van der Waals surface area contributed by atoms with Gasteiger partial charge in [0.2, 0.25) is 0 Å². The van der Waals surface area contributed by atoms with Crippen LogP contribution in [0.1, 0.15) is 76.7 Å².